The highest BCUT2D eigenvalue weighted by Crippen LogP contribution is 2.25. The first-order chi connectivity index (χ1) is 14.9. The Morgan fingerprint density at radius 2 is 0.833 bits per heavy atom. The average Bonchev–Trinajstić information content (AvgIpc) is 3.44. The van der Waals surface area contributed by atoms with E-state index in [0.717, 1.165) is 33.4 Å². The van der Waals surface area contributed by atoms with Crippen molar-refractivity contribution in [2.24, 2.45) is 0 Å². The molecular weight excluding hydrogens is 368 g/mol. The largest absolute Gasteiger partial charge is 0.299 e. The highest BCUT2D eigenvalue weighted by atomic mass is 15.1. The van der Waals surface area contributed by atoms with Crippen LogP contribution in [0.25, 0.3) is 44.6 Å². The molecule has 0 aliphatic carbocycles. The van der Waals surface area contributed by atoms with Gasteiger partial charge in [-0.1, -0.05) is 48.5 Å². The fourth-order valence-corrected chi connectivity index (χ4v) is 3.96. The molecule has 0 bridgehead atoms. The number of fused-ring (bicyclic) bond motifs is 2. The Hall–Kier alpha value is -4.18. The summed E-state index contributed by atoms with van der Waals surface area (Å²) in [5, 5.41) is 0. The number of hydrogen-bond donors (Lipinski definition) is 0. The summed E-state index contributed by atoms with van der Waals surface area (Å²) in [5.74, 6) is 0. The van der Waals surface area contributed by atoms with E-state index >= 15 is 0 Å². The van der Waals surface area contributed by atoms with Crippen LogP contribution in [0.5, 0.6) is 0 Å². The van der Waals surface area contributed by atoms with Gasteiger partial charge in [0, 0.05) is 11.4 Å². The second-order valence-electron chi connectivity index (χ2n) is 7.30. The quantitative estimate of drug-likeness (QED) is 0.372. The molecule has 0 atom stereocenters. The molecule has 30 heavy (non-hydrogen) atoms. The standard InChI is InChI=1S/C26H18N4/c1-3-7-25-23(5-1)27-17-29(25)21-13-9-19(10-14-21)20-11-15-22(16-12-20)30-18-28-24-6-2-4-8-26(24)30/h1-18H. The van der Waals surface area contributed by atoms with Crippen LogP contribution in [-0.4, -0.2) is 19.1 Å². The van der Waals surface area contributed by atoms with Gasteiger partial charge in [-0.05, 0) is 59.7 Å². The SMILES string of the molecule is c1ccc2c(c1)ncn2-c1ccc(-c2ccc(-n3cnc4ccccc43)cc2)cc1. The van der Waals surface area contributed by atoms with Gasteiger partial charge >= 0.3 is 0 Å². The molecule has 0 saturated carbocycles. The number of para-hydroxylation sites is 4. The van der Waals surface area contributed by atoms with Crippen molar-refractivity contribution in [1.29, 1.82) is 0 Å². The van der Waals surface area contributed by atoms with Crippen molar-refractivity contribution in [2.45, 2.75) is 0 Å². The molecule has 0 amide bonds. The van der Waals surface area contributed by atoms with Crippen LogP contribution in [0.1, 0.15) is 0 Å². The van der Waals surface area contributed by atoms with Gasteiger partial charge in [-0.25, -0.2) is 9.97 Å². The molecule has 0 fully saturated rings. The van der Waals surface area contributed by atoms with Crippen molar-refractivity contribution < 1.29 is 0 Å². The first kappa shape index (κ1) is 16.7. The fourth-order valence-electron chi connectivity index (χ4n) is 3.96. The Bertz CT molecular complexity index is 1360. The normalized spacial score (nSPS) is 11.3. The van der Waals surface area contributed by atoms with E-state index in [2.05, 4.69) is 79.8 Å². The number of rotatable bonds is 3. The lowest BCUT2D eigenvalue weighted by atomic mass is 10.0. The van der Waals surface area contributed by atoms with Gasteiger partial charge in [-0.2, -0.15) is 0 Å². The second kappa shape index (κ2) is 6.71. The molecule has 2 aromatic heterocycles. The van der Waals surface area contributed by atoms with Crippen molar-refractivity contribution in [2.75, 3.05) is 0 Å². The molecule has 0 unspecified atom stereocenters. The number of nitrogens with zero attached hydrogens (tertiary/aromatic N) is 4. The zero-order chi connectivity index (χ0) is 19.9. The summed E-state index contributed by atoms with van der Waals surface area (Å²) in [6, 6.07) is 33.6. The van der Waals surface area contributed by atoms with E-state index in [1.54, 1.807) is 0 Å². The van der Waals surface area contributed by atoms with Crippen molar-refractivity contribution in [3.8, 4) is 22.5 Å². The Labute approximate surface area is 173 Å². The predicted octanol–water partition coefficient (Wildman–Crippen LogP) is 6.03. The molecule has 0 aliphatic rings. The summed E-state index contributed by atoms with van der Waals surface area (Å²) in [5.41, 5.74) is 8.82. The Balaban J connectivity index is 1.32. The smallest absolute Gasteiger partial charge is 0.100 e. The molecule has 0 N–H and O–H groups in total. The van der Waals surface area contributed by atoms with Crippen molar-refractivity contribution in [1.82, 2.24) is 19.1 Å². The summed E-state index contributed by atoms with van der Waals surface area (Å²) >= 11 is 0. The molecule has 0 saturated heterocycles. The molecule has 2 heterocycles. The minimum absolute atomic E-state index is 1.00. The van der Waals surface area contributed by atoms with Gasteiger partial charge in [0.2, 0.25) is 0 Å². The third kappa shape index (κ3) is 2.70. The summed E-state index contributed by atoms with van der Waals surface area (Å²) in [6.07, 6.45) is 3.76. The highest BCUT2D eigenvalue weighted by molar-refractivity contribution is 5.78. The van der Waals surface area contributed by atoms with E-state index in [1.165, 1.54) is 11.1 Å². The number of imidazole rings is 2. The molecule has 142 valence electrons. The van der Waals surface area contributed by atoms with Crippen LogP contribution < -0.4 is 0 Å². The summed E-state index contributed by atoms with van der Waals surface area (Å²) in [4.78, 5) is 8.97. The van der Waals surface area contributed by atoms with Gasteiger partial charge in [-0.15, -0.1) is 0 Å². The van der Waals surface area contributed by atoms with E-state index in [-0.39, 0.29) is 0 Å². The first-order valence-electron chi connectivity index (χ1n) is 9.92. The zero-order valence-corrected chi connectivity index (χ0v) is 16.2. The van der Waals surface area contributed by atoms with Crippen LogP contribution >= 0.6 is 0 Å². The van der Waals surface area contributed by atoms with Crippen LogP contribution in [0.4, 0.5) is 0 Å². The molecule has 6 aromatic rings. The van der Waals surface area contributed by atoms with Gasteiger partial charge < -0.3 is 0 Å². The molecule has 4 aromatic carbocycles. The van der Waals surface area contributed by atoms with Crippen LogP contribution in [0.3, 0.4) is 0 Å². The maximum atomic E-state index is 4.49. The second-order valence-corrected chi connectivity index (χ2v) is 7.30. The van der Waals surface area contributed by atoms with Crippen molar-refractivity contribution in [3.63, 3.8) is 0 Å². The van der Waals surface area contributed by atoms with E-state index < -0.39 is 0 Å². The number of benzene rings is 4. The predicted molar refractivity (Wildman–Crippen MR) is 121 cm³/mol. The fraction of sp³-hybridized carbons (Fsp3) is 0. The van der Waals surface area contributed by atoms with Gasteiger partial charge in [-0.3, -0.25) is 9.13 Å². The topological polar surface area (TPSA) is 35.6 Å². The lowest BCUT2D eigenvalue weighted by Crippen LogP contribution is -1.92. The Kier molecular flexibility index (Phi) is 3.74. The summed E-state index contributed by atoms with van der Waals surface area (Å²) in [7, 11) is 0. The molecule has 0 spiro atoms. The van der Waals surface area contributed by atoms with Gasteiger partial charge in [0.25, 0.3) is 0 Å². The van der Waals surface area contributed by atoms with Gasteiger partial charge in [0.15, 0.2) is 0 Å². The number of aromatic nitrogens is 4. The number of hydrogen-bond acceptors (Lipinski definition) is 2. The first-order valence-corrected chi connectivity index (χ1v) is 9.92. The third-order valence-corrected chi connectivity index (χ3v) is 5.53. The highest BCUT2D eigenvalue weighted by Gasteiger charge is 2.06. The summed E-state index contributed by atoms with van der Waals surface area (Å²) in [6.45, 7) is 0. The van der Waals surface area contributed by atoms with Gasteiger partial charge in [0.1, 0.15) is 12.7 Å². The molecule has 0 aliphatic heterocycles. The van der Waals surface area contributed by atoms with E-state index in [9.17, 15) is 0 Å². The van der Waals surface area contributed by atoms with Crippen LogP contribution in [0.15, 0.2) is 110 Å². The monoisotopic (exact) mass is 386 g/mol. The third-order valence-electron chi connectivity index (χ3n) is 5.53. The maximum absolute atomic E-state index is 4.49. The average molecular weight is 386 g/mol. The van der Waals surface area contributed by atoms with Crippen LogP contribution in [0, 0.1) is 0 Å². The Morgan fingerprint density at radius 3 is 1.27 bits per heavy atom. The van der Waals surface area contributed by atoms with Crippen LogP contribution in [-0.2, 0) is 0 Å². The van der Waals surface area contributed by atoms with E-state index in [4.69, 9.17) is 0 Å². The molecule has 6 rings (SSSR count). The van der Waals surface area contributed by atoms with Crippen LogP contribution in [0.2, 0.25) is 0 Å². The Morgan fingerprint density at radius 1 is 0.433 bits per heavy atom. The molecule has 0 radical (unpaired) electrons. The van der Waals surface area contributed by atoms with E-state index in [0.29, 0.717) is 0 Å². The molecular formula is C26H18N4. The lowest BCUT2D eigenvalue weighted by Gasteiger charge is -2.08. The zero-order valence-electron chi connectivity index (χ0n) is 16.2. The van der Waals surface area contributed by atoms with Crippen molar-refractivity contribution >= 4 is 22.1 Å². The minimum Gasteiger partial charge on any atom is -0.299 e. The van der Waals surface area contributed by atoms with Crippen molar-refractivity contribution in [3.05, 3.63) is 110 Å². The van der Waals surface area contributed by atoms with E-state index in [1.807, 2.05) is 49.1 Å². The maximum Gasteiger partial charge on any atom is 0.100 e. The van der Waals surface area contributed by atoms with Gasteiger partial charge in [0.05, 0.1) is 22.1 Å². The molecule has 4 nitrogen and oxygen atoms in total. The summed E-state index contributed by atoms with van der Waals surface area (Å²) < 4.78 is 4.23. The molecule has 4 heteroatoms. The minimum atomic E-state index is 1.00. The lowest BCUT2D eigenvalue weighted by molar-refractivity contribution is 1.09.